The van der Waals surface area contributed by atoms with Gasteiger partial charge in [-0.2, -0.15) is 0 Å². The van der Waals surface area contributed by atoms with Crippen molar-refractivity contribution in [1.29, 1.82) is 0 Å². The first-order valence-corrected chi connectivity index (χ1v) is 11.8. The summed E-state index contributed by atoms with van der Waals surface area (Å²) in [6, 6.07) is 19.8. The predicted molar refractivity (Wildman–Crippen MR) is 127 cm³/mol. The number of pyridine rings is 1. The molecule has 170 valence electrons. The summed E-state index contributed by atoms with van der Waals surface area (Å²) in [5, 5.41) is 10.9. The largest absolute Gasteiger partial charge is 0.478 e. The third-order valence-corrected chi connectivity index (χ3v) is 7.32. The zero-order valence-corrected chi connectivity index (χ0v) is 18.9. The fourth-order valence-corrected chi connectivity index (χ4v) is 5.26. The van der Waals surface area contributed by atoms with Gasteiger partial charge in [-0.1, -0.05) is 36.4 Å². The topological polar surface area (TPSA) is 114 Å². The first-order chi connectivity index (χ1) is 16.3. The molecule has 0 unspecified atom stereocenters. The summed E-state index contributed by atoms with van der Waals surface area (Å²) in [7, 11) is -4.15. The quantitative estimate of drug-likeness (QED) is 0.378. The van der Waals surface area contributed by atoms with E-state index in [-0.39, 0.29) is 28.7 Å². The van der Waals surface area contributed by atoms with Crippen LogP contribution in [-0.4, -0.2) is 29.5 Å². The van der Waals surface area contributed by atoms with E-state index >= 15 is 0 Å². The van der Waals surface area contributed by atoms with Gasteiger partial charge >= 0.3 is 5.97 Å². The number of hydrogen-bond acceptors (Lipinski definition) is 6. The first kappa shape index (κ1) is 21.6. The highest BCUT2D eigenvalue weighted by Crippen LogP contribution is 2.31. The molecule has 0 radical (unpaired) electrons. The van der Waals surface area contributed by atoms with E-state index in [2.05, 4.69) is 9.97 Å². The molecular weight excluding hydrogens is 454 g/mol. The molecule has 5 rings (SSSR count). The van der Waals surface area contributed by atoms with Crippen LogP contribution in [0.3, 0.4) is 0 Å². The number of carbonyl (C=O) groups is 1. The highest BCUT2D eigenvalue weighted by Gasteiger charge is 2.30. The van der Waals surface area contributed by atoms with Crippen molar-refractivity contribution in [1.82, 2.24) is 9.97 Å². The minimum absolute atomic E-state index is 0.00976. The molecule has 8 nitrogen and oxygen atoms in total. The van der Waals surface area contributed by atoms with Crippen molar-refractivity contribution in [2.75, 3.05) is 4.31 Å². The molecule has 9 heteroatoms. The second kappa shape index (κ2) is 8.27. The third kappa shape index (κ3) is 3.75. The van der Waals surface area contributed by atoms with Gasteiger partial charge in [0.05, 0.1) is 10.5 Å². The molecule has 34 heavy (non-hydrogen) atoms. The number of fused-ring (bicyclic) bond motifs is 2. The molecule has 0 saturated carbocycles. The lowest BCUT2D eigenvalue weighted by Crippen LogP contribution is -2.32. The molecule has 0 aliphatic carbocycles. The SMILES string of the molecule is Cc1c(N(Cc2nc3ccccc3o2)S(=O)(=O)c2ccc(C(=O)O)cc2)ncc2ccccc12. The second-order valence-corrected chi connectivity index (χ2v) is 9.57. The molecule has 3 aromatic carbocycles. The molecule has 2 aromatic heterocycles. The highest BCUT2D eigenvalue weighted by molar-refractivity contribution is 7.92. The Morgan fingerprint density at radius 2 is 1.71 bits per heavy atom. The lowest BCUT2D eigenvalue weighted by Gasteiger charge is -2.24. The summed E-state index contributed by atoms with van der Waals surface area (Å²) in [5.41, 5.74) is 1.83. The minimum atomic E-state index is -4.15. The molecule has 0 amide bonds. The summed E-state index contributed by atoms with van der Waals surface area (Å²) >= 11 is 0. The Bertz CT molecular complexity index is 1610. The lowest BCUT2D eigenvalue weighted by atomic mass is 10.1. The van der Waals surface area contributed by atoms with Gasteiger partial charge in [-0.15, -0.1) is 0 Å². The Morgan fingerprint density at radius 3 is 2.44 bits per heavy atom. The number of aryl methyl sites for hydroxylation is 1. The maximum Gasteiger partial charge on any atom is 0.335 e. The number of nitrogens with zero attached hydrogens (tertiary/aromatic N) is 3. The second-order valence-electron chi connectivity index (χ2n) is 7.71. The molecule has 0 saturated heterocycles. The lowest BCUT2D eigenvalue weighted by molar-refractivity contribution is 0.0696. The van der Waals surface area contributed by atoms with E-state index in [4.69, 9.17) is 4.42 Å². The molecule has 1 N–H and O–H groups in total. The van der Waals surface area contributed by atoms with Crippen LogP contribution in [0.15, 0.2) is 88.3 Å². The van der Waals surface area contributed by atoms with E-state index < -0.39 is 16.0 Å². The van der Waals surface area contributed by atoms with Crippen LogP contribution in [0.4, 0.5) is 5.82 Å². The van der Waals surface area contributed by atoms with E-state index in [1.165, 1.54) is 24.3 Å². The summed E-state index contributed by atoms with van der Waals surface area (Å²) in [4.78, 5) is 20.1. The fraction of sp³-hybridized carbons (Fsp3) is 0.0800. The third-order valence-electron chi connectivity index (χ3n) is 5.57. The molecular formula is C25H19N3O5S. The van der Waals surface area contributed by atoms with Crippen molar-refractivity contribution in [2.45, 2.75) is 18.4 Å². The van der Waals surface area contributed by atoms with Gasteiger partial charge in [0.2, 0.25) is 5.89 Å². The monoisotopic (exact) mass is 473 g/mol. The van der Waals surface area contributed by atoms with Crippen LogP contribution in [0.2, 0.25) is 0 Å². The smallest absolute Gasteiger partial charge is 0.335 e. The molecule has 5 aromatic rings. The number of aromatic nitrogens is 2. The number of sulfonamides is 1. The van der Waals surface area contributed by atoms with Gasteiger partial charge < -0.3 is 9.52 Å². The molecule has 0 atom stereocenters. The Morgan fingerprint density at radius 1 is 1.00 bits per heavy atom. The van der Waals surface area contributed by atoms with Crippen molar-refractivity contribution in [3.05, 3.63) is 96.0 Å². The molecule has 0 fully saturated rings. The Hall–Kier alpha value is -4.24. The van der Waals surface area contributed by atoms with E-state index in [9.17, 15) is 18.3 Å². The van der Waals surface area contributed by atoms with E-state index in [1.807, 2.05) is 43.3 Å². The summed E-state index contributed by atoms with van der Waals surface area (Å²) in [6.07, 6.45) is 1.62. The average molecular weight is 474 g/mol. The molecule has 0 bridgehead atoms. The van der Waals surface area contributed by atoms with Crippen molar-refractivity contribution in [2.24, 2.45) is 0 Å². The van der Waals surface area contributed by atoms with Crippen LogP contribution < -0.4 is 4.31 Å². The number of para-hydroxylation sites is 2. The van der Waals surface area contributed by atoms with Gasteiger partial charge in [0.15, 0.2) is 5.58 Å². The van der Waals surface area contributed by atoms with Crippen LogP contribution in [0, 0.1) is 6.92 Å². The minimum Gasteiger partial charge on any atom is -0.478 e. The molecule has 0 spiro atoms. The van der Waals surface area contributed by atoms with E-state index in [0.717, 1.165) is 15.1 Å². The van der Waals surface area contributed by atoms with Crippen molar-refractivity contribution >= 4 is 43.7 Å². The molecule has 0 aliphatic rings. The van der Waals surface area contributed by atoms with Gasteiger partial charge in [0, 0.05) is 17.1 Å². The Labute approximate surface area is 195 Å². The highest BCUT2D eigenvalue weighted by atomic mass is 32.2. The van der Waals surface area contributed by atoms with Crippen LogP contribution >= 0.6 is 0 Å². The maximum absolute atomic E-state index is 13.8. The fourth-order valence-electron chi connectivity index (χ4n) is 3.83. The van der Waals surface area contributed by atoms with Gasteiger partial charge in [-0.05, 0) is 48.7 Å². The van der Waals surface area contributed by atoms with Crippen LogP contribution in [0.25, 0.3) is 21.9 Å². The van der Waals surface area contributed by atoms with Crippen LogP contribution in [0.5, 0.6) is 0 Å². The predicted octanol–water partition coefficient (Wildman–Crippen LogP) is 4.78. The van der Waals surface area contributed by atoms with Gasteiger partial charge in [-0.25, -0.2) is 27.5 Å². The average Bonchev–Trinajstić information content (AvgIpc) is 3.26. The van der Waals surface area contributed by atoms with Crippen molar-refractivity contribution in [3.63, 3.8) is 0 Å². The Balaban J connectivity index is 1.66. The first-order valence-electron chi connectivity index (χ1n) is 10.4. The number of carboxylic acids is 1. The van der Waals surface area contributed by atoms with Crippen LogP contribution in [-0.2, 0) is 16.6 Å². The maximum atomic E-state index is 13.8. The standard InChI is InChI=1S/C25H19N3O5S/c1-16-20-7-3-2-6-18(20)14-26-24(16)28(15-23-27-21-8-4-5-9-22(21)33-23)34(31,32)19-12-10-17(11-13-19)25(29)30/h2-14H,15H2,1H3,(H,29,30). The van der Waals surface area contributed by atoms with Gasteiger partial charge in [0.25, 0.3) is 10.0 Å². The molecule has 0 aliphatic heterocycles. The number of hydrogen-bond donors (Lipinski definition) is 1. The number of anilines is 1. The summed E-state index contributed by atoms with van der Waals surface area (Å²) < 4.78 is 34.5. The number of carboxylic acid groups (broad SMARTS) is 1. The number of rotatable bonds is 6. The van der Waals surface area contributed by atoms with Crippen molar-refractivity contribution in [3.8, 4) is 0 Å². The number of aromatic carboxylic acids is 1. The Kier molecular flexibility index (Phi) is 5.25. The van der Waals surface area contributed by atoms with Crippen LogP contribution in [0.1, 0.15) is 21.8 Å². The van der Waals surface area contributed by atoms with Gasteiger partial charge in [-0.3, -0.25) is 0 Å². The summed E-state index contributed by atoms with van der Waals surface area (Å²) in [5.74, 6) is -0.691. The summed E-state index contributed by atoms with van der Waals surface area (Å²) in [6.45, 7) is 1.62. The van der Waals surface area contributed by atoms with Gasteiger partial charge in [0.1, 0.15) is 17.9 Å². The normalized spacial score (nSPS) is 11.7. The van der Waals surface area contributed by atoms with Crippen molar-refractivity contribution < 1.29 is 22.7 Å². The zero-order valence-electron chi connectivity index (χ0n) is 18.0. The number of benzene rings is 3. The van der Waals surface area contributed by atoms with E-state index in [1.54, 1.807) is 18.3 Å². The zero-order chi connectivity index (χ0) is 23.9. The number of oxazole rings is 1. The van der Waals surface area contributed by atoms with E-state index in [0.29, 0.717) is 16.7 Å². The molecule has 2 heterocycles.